The van der Waals surface area contributed by atoms with E-state index in [4.69, 9.17) is 14.2 Å². The molecule has 1 aromatic heterocycles. The van der Waals surface area contributed by atoms with Crippen molar-refractivity contribution in [3.05, 3.63) is 35.2 Å². The van der Waals surface area contributed by atoms with Crippen LogP contribution in [0.4, 0.5) is 5.69 Å². The number of aromatic nitrogens is 2. The third-order valence-corrected chi connectivity index (χ3v) is 4.01. The van der Waals surface area contributed by atoms with Crippen LogP contribution >= 0.6 is 0 Å². The summed E-state index contributed by atoms with van der Waals surface area (Å²) in [7, 11) is 1.74. The van der Waals surface area contributed by atoms with Crippen molar-refractivity contribution in [1.82, 2.24) is 9.78 Å². The van der Waals surface area contributed by atoms with Crippen LogP contribution in [-0.2, 0) is 16.6 Å². The molecule has 2 heterocycles. The van der Waals surface area contributed by atoms with Gasteiger partial charge in [-0.15, -0.1) is 0 Å². The lowest BCUT2D eigenvalue weighted by molar-refractivity contribution is -0.123. The van der Waals surface area contributed by atoms with Gasteiger partial charge in [0.25, 0.3) is 5.91 Å². The zero-order valence-electron chi connectivity index (χ0n) is 14.5. The third kappa shape index (κ3) is 3.28. The molecule has 1 N–H and O–H groups in total. The van der Waals surface area contributed by atoms with Gasteiger partial charge >= 0.3 is 5.97 Å². The number of hydrogen-bond acceptors (Lipinski definition) is 6. The first kappa shape index (κ1) is 16.8. The Bertz CT molecular complexity index is 843. The predicted octanol–water partition coefficient (Wildman–Crippen LogP) is 1.95. The van der Waals surface area contributed by atoms with Gasteiger partial charge in [0.1, 0.15) is 5.56 Å². The molecule has 0 saturated heterocycles. The van der Waals surface area contributed by atoms with E-state index in [1.807, 2.05) is 0 Å². The summed E-state index contributed by atoms with van der Waals surface area (Å²) < 4.78 is 17.4. The number of benzene rings is 1. The number of nitrogens with zero attached hydrogens (tertiary/aromatic N) is 2. The number of aryl methyl sites for hydroxylation is 2. The molecule has 8 nitrogen and oxygen atoms in total. The van der Waals surface area contributed by atoms with Crippen molar-refractivity contribution in [2.45, 2.75) is 26.9 Å². The molecular formula is C17H19N3O5. The third-order valence-electron chi connectivity index (χ3n) is 4.01. The number of carbonyl (C=O) groups is 2. The van der Waals surface area contributed by atoms with Crippen molar-refractivity contribution in [1.29, 1.82) is 0 Å². The first-order chi connectivity index (χ1) is 11.9. The summed E-state index contributed by atoms with van der Waals surface area (Å²) in [5.41, 5.74) is 2.16. The maximum absolute atomic E-state index is 12.3. The second-order valence-electron chi connectivity index (χ2n) is 5.77. The molecule has 1 atom stereocenters. The summed E-state index contributed by atoms with van der Waals surface area (Å²) in [5, 5.41) is 6.86. The summed E-state index contributed by atoms with van der Waals surface area (Å²) >= 11 is 0. The fourth-order valence-corrected chi connectivity index (χ4v) is 2.56. The SMILES string of the molecule is Cc1nn(C)c(C)c1C(=O)O[C@H](C)C(=O)Nc1ccc2c(c1)OCO2. The zero-order valence-corrected chi connectivity index (χ0v) is 14.5. The topological polar surface area (TPSA) is 91.7 Å². The molecule has 132 valence electrons. The molecule has 2 aromatic rings. The van der Waals surface area contributed by atoms with Gasteiger partial charge in [-0.1, -0.05) is 0 Å². The number of amides is 1. The normalized spacial score (nSPS) is 13.4. The molecule has 1 amide bonds. The van der Waals surface area contributed by atoms with Crippen molar-refractivity contribution in [3.63, 3.8) is 0 Å². The van der Waals surface area contributed by atoms with Crippen LogP contribution in [0.3, 0.4) is 0 Å². The van der Waals surface area contributed by atoms with Crippen molar-refractivity contribution >= 4 is 17.6 Å². The van der Waals surface area contributed by atoms with E-state index in [-0.39, 0.29) is 6.79 Å². The summed E-state index contributed by atoms with van der Waals surface area (Å²) in [5.74, 6) is 0.173. The van der Waals surface area contributed by atoms with Crippen LogP contribution in [0.15, 0.2) is 18.2 Å². The molecule has 0 bridgehead atoms. The average molecular weight is 345 g/mol. The monoisotopic (exact) mass is 345 g/mol. The standard InChI is InChI=1S/C17H19N3O5/c1-9-15(10(2)20(4)19-9)17(22)25-11(3)16(21)18-12-5-6-13-14(7-12)24-8-23-13/h5-7,11H,8H2,1-4H3,(H,18,21)/t11-/m1/s1. The molecule has 1 aromatic carbocycles. The minimum Gasteiger partial charge on any atom is -0.454 e. The predicted molar refractivity (Wildman–Crippen MR) is 88.8 cm³/mol. The number of anilines is 1. The largest absolute Gasteiger partial charge is 0.454 e. The van der Waals surface area contributed by atoms with Crippen LogP contribution in [0.2, 0.25) is 0 Å². The van der Waals surface area contributed by atoms with E-state index in [1.54, 1.807) is 43.8 Å². The summed E-state index contributed by atoms with van der Waals surface area (Å²) in [6, 6.07) is 5.05. The smallest absolute Gasteiger partial charge is 0.342 e. The first-order valence-corrected chi connectivity index (χ1v) is 7.78. The highest BCUT2D eigenvalue weighted by Gasteiger charge is 2.24. The average Bonchev–Trinajstić information content (AvgIpc) is 3.11. The molecule has 3 rings (SSSR count). The van der Waals surface area contributed by atoms with Gasteiger partial charge in [0.15, 0.2) is 17.6 Å². The minimum atomic E-state index is -0.961. The molecule has 1 aliphatic heterocycles. The maximum atomic E-state index is 12.3. The fourth-order valence-electron chi connectivity index (χ4n) is 2.56. The molecule has 8 heteroatoms. The molecule has 0 saturated carbocycles. The Labute approximate surface area is 144 Å². The van der Waals surface area contributed by atoms with Gasteiger partial charge in [-0.25, -0.2) is 4.79 Å². The van der Waals surface area contributed by atoms with Crippen LogP contribution in [-0.4, -0.2) is 34.6 Å². The van der Waals surface area contributed by atoms with Crippen molar-refractivity contribution < 1.29 is 23.8 Å². The zero-order chi connectivity index (χ0) is 18.1. The van der Waals surface area contributed by atoms with Gasteiger partial charge in [0.05, 0.1) is 5.69 Å². The van der Waals surface area contributed by atoms with Gasteiger partial charge < -0.3 is 19.5 Å². The fraction of sp³-hybridized carbons (Fsp3) is 0.353. The first-order valence-electron chi connectivity index (χ1n) is 7.78. The lowest BCUT2D eigenvalue weighted by Gasteiger charge is -2.14. The highest BCUT2D eigenvalue weighted by atomic mass is 16.7. The lowest BCUT2D eigenvalue weighted by atomic mass is 10.2. The van der Waals surface area contributed by atoms with Gasteiger partial charge in [-0.05, 0) is 32.9 Å². The highest BCUT2D eigenvalue weighted by Crippen LogP contribution is 2.34. The Balaban J connectivity index is 1.65. The molecule has 0 unspecified atom stereocenters. The van der Waals surface area contributed by atoms with Crippen LogP contribution in [0.1, 0.15) is 28.7 Å². The number of nitrogens with one attached hydrogen (secondary N) is 1. The number of ether oxygens (including phenoxy) is 3. The van der Waals surface area contributed by atoms with Gasteiger partial charge in [0, 0.05) is 24.5 Å². The second-order valence-corrected chi connectivity index (χ2v) is 5.77. The van der Waals surface area contributed by atoms with Crippen LogP contribution < -0.4 is 14.8 Å². The number of carbonyl (C=O) groups excluding carboxylic acids is 2. The minimum absolute atomic E-state index is 0.157. The van der Waals surface area contributed by atoms with E-state index in [2.05, 4.69) is 10.4 Å². The van der Waals surface area contributed by atoms with E-state index in [0.29, 0.717) is 34.1 Å². The van der Waals surface area contributed by atoms with Crippen molar-refractivity contribution in [2.75, 3.05) is 12.1 Å². The highest BCUT2D eigenvalue weighted by molar-refractivity contribution is 5.98. The number of hydrogen-bond donors (Lipinski definition) is 1. The number of fused-ring (bicyclic) bond motifs is 1. The second kappa shape index (κ2) is 6.46. The van der Waals surface area contributed by atoms with Gasteiger partial charge in [0.2, 0.25) is 6.79 Å². The summed E-state index contributed by atoms with van der Waals surface area (Å²) in [6.45, 7) is 5.17. The number of rotatable bonds is 4. The Kier molecular flexibility index (Phi) is 4.35. The Morgan fingerprint density at radius 3 is 2.68 bits per heavy atom. The molecule has 0 radical (unpaired) electrons. The van der Waals surface area contributed by atoms with Crippen LogP contribution in [0.5, 0.6) is 11.5 Å². The van der Waals surface area contributed by atoms with E-state index in [9.17, 15) is 9.59 Å². The van der Waals surface area contributed by atoms with Gasteiger partial charge in [-0.2, -0.15) is 5.10 Å². The maximum Gasteiger partial charge on any atom is 0.342 e. The number of esters is 1. The van der Waals surface area contributed by atoms with E-state index in [0.717, 1.165) is 0 Å². The Morgan fingerprint density at radius 2 is 2.00 bits per heavy atom. The molecule has 25 heavy (non-hydrogen) atoms. The summed E-state index contributed by atoms with van der Waals surface area (Å²) in [6.07, 6.45) is -0.961. The van der Waals surface area contributed by atoms with Crippen LogP contribution in [0.25, 0.3) is 0 Å². The van der Waals surface area contributed by atoms with Crippen LogP contribution in [0, 0.1) is 13.8 Å². The quantitative estimate of drug-likeness (QED) is 0.852. The Hall–Kier alpha value is -3.03. The molecular weight excluding hydrogens is 326 g/mol. The van der Waals surface area contributed by atoms with E-state index < -0.39 is 18.0 Å². The molecule has 0 spiro atoms. The van der Waals surface area contributed by atoms with Gasteiger partial charge in [-0.3, -0.25) is 9.48 Å². The summed E-state index contributed by atoms with van der Waals surface area (Å²) in [4.78, 5) is 24.6. The molecule has 1 aliphatic rings. The molecule has 0 fully saturated rings. The lowest BCUT2D eigenvalue weighted by Crippen LogP contribution is -2.30. The van der Waals surface area contributed by atoms with E-state index in [1.165, 1.54) is 6.92 Å². The van der Waals surface area contributed by atoms with Crippen molar-refractivity contribution in [2.24, 2.45) is 7.05 Å². The van der Waals surface area contributed by atoms with E-state index >= 15 is 0 Å². The Morgan fingerprint density at radius 1 is 1.28 bits per heavy atom. The molecule has 0 aliphatic carbocycles. The van der Waals surface area contributed by atoms with Crippen molar-refractivity contribution in [3.8, 4) is 11.5 Å².